The Balaban J connectivity index is 2.93. The molecule has 0 aromatic heterocycles. The second-order valence-electron chi connectivity index (χ2n) is 4.46. The number of aryl methyl sites for hydroxylation is 3. The van der Waals surface area contributed by atoms with Crippen LogP contribution in [0.15, 0.2) is 12.1 Å². The maximum absolute atomic E-state index is 11.7. The number of ether oxygens (including phenoxy) is 1. The molecule has 1 rings (SSSR count). The molecule has 0 unspecified atom stereocenters. The van der Waals surface area contributed by atoms with Crippen molar-refractivity contribution in [3.63, 3.8) is 0 Å². The number of carbonyl (C=O) groups excluding carboxylic acids is 1. The molecule has 88 valence electrons. The highest BCUT2D eigenvalue weighted by Gasteiger charge is 2.15. The van der Waals surface area contributed by atoms with E-state index in [1.54, 1.807) is 0 Å². The third-order valence-corrected chi connectivity index (χ3v) is 2.82. The van der Waals surface area contributed by atoms with Gasteiger partial charge in [-0.05, 0) is 38.3 Å². The minimum atomic E-state index is -0.141. The topological polar surface area (TPSA) is 26.3 Å². The van der Waals surface area contributed by atoms with E-state index in [1.807, 2.05) is 46.8 Å². The van der Waals surface area contributed by atoms with Gasteiger partial charge in [-0.25, -0.2) is 0 Å². The molecule has 0 heterocycles. The Kier molecular flexibility index (Phi) is 4.11. The molecule has 0 aliphatic rings. The molecule has 1 aromatic rings. The summed E-state index contributed by atoms with van der Waals surface area (Å²) in [6, 6.07) is 4.07. The zero-order valence-electron chi connectivity index (χ0n) is 10.8. The van der Waals surface area contributed by atoms with Gasteiger partial charge in [0, 0.05) is 0 Å². The Bertz CT molecular complexity index is 371. The lowest BCUT2D eigenvalue weighted by Gasteiger charge is -2.14. The van der Waals surface area contributed by atoms with Crippen LogP contribution in [-0.2, 0) is 4.79 Å². The molecular weight excluding hydrogens is 200 g/mol. The number of rotatable bonds is 3. The first-order chi connectivity index (χ1) is 7.45. The standard InChI is InChI=1S/C14H20O2/c1-6-10(3)14(15)16-13-11(4)7-9(2)8-12(13)5/h7-8,10H,6H2,1-5H3/t10-/m0/s1. The molecule has 2 heteroatoms. The molecule has 0 spiro atoms. The Hall–Kier alpha value is -1.31. The van der Waals surface area contributed by atoms with E-state index in [9.17, 15) is 4.79 Å². The molecule has 0 N–H and O–H groups in total. The molecule has 0 radical (unpaired) electrons. The van der Waals surface area contributed by atoms with Gasteiger partial charge >= 0.3 is 5.97 Å². The lowest BCUT2D eigenvalue weighted by Crippen LogP contribution is -2.18. The van der Waals surface area contributed by atoms with Crippen molar-refractivity contribution in [3.8, 4) is 5.75 Å². The zero-order valence-corrected chi connectivity index (χ0v) is 10.8. The molecule has 0 bridgehead atoms. The van der Waals surface area contributed by atoms with Gasteiger partial charge in [-0.15, -0.1) is 0 Å². The molecule has 16 heavy (non-hydrogen) atoms. The third kappa shape index (κ3) is 2.84. The molecule has 1 aromatic carbocycles. The second kappa shape index (κ2) is 5.15. The molecule has 2 nitrogen and oxygen atoms in total. The molecule has 0 saturated carbocycles. The van der Waals surface area contributed by atoms with Crippen molar-refractivity contribution >= 4 is 5.97 Å². The fourth-order valence-corrected chi connectivity index (χ4v) is 1.70. The van der Waals surface area contributed by atoms with Gasteiger partial charge in [0.25, 0.3) is 0 Å². The van der Waals surface area contributed by atoms with Crippen LogP contribution in [-0.4, -0.2) is 5.97 Å². The number of hydrogen-bond donors (Lipinski definition) is 0. The summed E-state index contributed by atoms with van der Waals surface area (Å²) >= 11 is 0. The number of hydrogen-bond acceptors (Lipinski definition) is 2. The van der Waals surface area contributed by atoms with Gasteiger partial charge < -0.3 is 4.74 Å². The third-order valence-electron chi connectivity index (χ3n) is 2.82. The summed E-state index contributed by atoms with van der Waals surface area (Å²) in [6.45, 7) is 9.86. The van der Waals surface area contributed by atoms with Gasteiger partial charge in [-0.1, -0.05) is 31.5 Å². The summed E-state index contributed by atoms with van der Waals surface area (Å²) < 4.78 is 5.44. The van der Waals surface area contributed by atoms with Gasteiger partial charge in [-0.2, -0.15) is 0 Å². The predicted molar refractivity (Wildman–Crippen MR) is 65.7 cm³/mol. The van der Waals surface area contributed by atoms with Crippen molar-refractivity contribution in [1.29, 1.82) is 0 Å². The summed E-state index contributed by atoms with van der Waals surface area (Å²) in [5.41, 5.74) is 3.24. The Morgan fingerprint density at radius 2 is 1.75 bits per heavy atom. The van der Waals surface area contributed by atoms with Gasteiger partial charge in [0.15, 0.2) is 0 Å². The van der Waals surface area contributed by atoms with Gasteiger partial charge in [0.05, 0.1) is 5.92 Å². The first-order valence-corrected chi connectivity index (χ1v) is 5.75. The van der Waals surface area contributed by atoms with Gasteiger partial charge in [0.2, 0.25) is 0 Å². The van der Waals surface area contributed by atoms with Crippen molar-refractivity contribution < 1.29 is 9.53 Å². The van der Waals surface area contributed by atoms with Crippen LogP contribution in [0, 0.1) is 26.7 Å². The highest BCUT2D eigenvalue weighted by Crippen LogP contribution is 2.25. The summed E-state index contributed by atoms with van der Waals surface area (Å²) in [6.07, 6.45) is 0.808. The van der Waals surface area contributed by atoms with Gasteiger partial charge in [0.1, 0.15) is 5.75 Å². The van der Waals surface area contributed by atoms with E-state index in [4.69, 9.17) is 4.74 Å². The average Bonchev–Trinajstić information content (AvgIpc) is 2.21. The Labute approximate surface area is 97.6 Å². The highest BCUT2D eigenvalue weighted by molar-refractivity contribution is 5.75. The van der Waals surface area contributed by atoms with Crippen LogP contribution in [0.1, 0.15) is 37.0 Å². The summed E-state index contributed by atoms with van der Waals surface area (Å²) in [4.78, 5) is 11.7. The quantitative estimate of drug-likeness (QED) is 0.575. The predicted octanol–water partition coefficient (Wildman–Crippen LogP) is 3.56. The van der Waals surface area contributed by atoms with Crippen molar-refractivity contribution in [2.24, 2.45) is 5.92 Å². The van der Waals surface area contributed by atoms with Crippen LogP contribution in [0.2, 0.25) is 0 Å². The molecule has 0 aliphatic heterocycles. The smallest absolute Gasteiger partial charge is 0.314 e. The number of benzene rings is 1. The van der Waals surface area contributed by atoms with Crippen molar-refractivity contribution in [1.82, 2.24) is 0 Å². The number of carbonyl (C=O) groups is 1. The normalized spacial score (nSPS) is 12.3. The minimum Gasteiger partial charge on any atom is -0.426 e. The first-order valence-electron chi connectivity index (χ1n) is 5.75. The van der Waals surface area contributed by atoms with Crippen molar-refractivity contribution in [3.05, 3.63) is 28.8 Å². The second-order valence-corrected chi connectivity index (χ2v) is 4.46. The van der Waals surface area contributed by atoms with Crippen LogP contribution in [0.3, 0.4) is 0 Å². The van der Waals surface area contributed by atoms with Gasteiger partial charge in [-0.3, -0.25) is 4.79 Å². The first kappa shape index (κ1) is 12.8. The largest absolute Gasteiger partial charge is 0.426 e. The van der Waals surface area contributed by atoms with Crippen LogP contribution < -0.4 is 4.74 Å². The van der Waals surface area contributed by atoms with Crippen molar-refractivity contribution in [2.45, 2.75) is 41.0 Å². The maximum Gasteiger partial charge on any atom is 0.314 e. The van der Waals surface area contributed by atoms with E-state index in [0.717, 1.165) is 23.3 Å². The van der Waals surface area contributed by atoms with E-state index >= 15 is 0 Å². The van der Waals surface area contributed by atoms with Crippen LogP contribution in [0.5, 0.6) is 5.75 Å². The maximum atomic E-state index is 11.7. The van der Waals surface area contributed by atoms with Crippen LogP contribution >= 0.6 is 0 Å². The van der Waals surface area contributed by atoms with Crippen LogP contribution in [0.4, 0.5) is 0 Å². The van der Waals surface area contributed by atoms with E-state index in [2.05, 4.69) is 0 Å². The van der Waals surface area contributed by atoms with E-state index in [-0.39, 0.29) is 11.9 Å². The Morgan fingerprint density at radius 3 is 2.19 bits per heavy atom. The monoisotopic (exact) mass is 220 g/mol. The summed E-state index contributed by atoms with van der Waals surface area (Å²) in [5, 5.41) is 0. The zero-order chi connectivity index (χ0) is 12.3. The SMILES string of the molecule is CC[C@H](C)C(=O)Oc1c(C)cc(C)cc1C. The fraction of sp³-hybridized carbons (Fsp3) is 0.500. The fourth-order valence-electron chi connectivity index (χ4n) is 1.70. The molecule has 0 amide bonds. The highest BCUT2D eigenvalue weighted by atomic mass is 16.5. The summed E-state index contributed by atoms with van der Waals surface area (Å²) in [7, 11) is 0. The number of esters is 1. The average molecular weight is 220 g/mol. The van der Waals surface area contributed by atoms with Crippen LogP contribution in [0.25, 0.3) is 0 Å². The Morgan fingerprint density at radius 1 is 1.25 bits per heavy atom. The lowest BCUT2D eigenvalue weighted by atomic mass is 10.1. The lowest BCUT2D eigenvalue weighted by molar-refractivity contribution is -0.138. The minimum absolute atomic E-state index is 0.0416. The molecule has 1 atom stereocenters. The molecule has 0 fully saturated rings. The molecule has 0 aliphatic carbocycles. The van der Waals surface area contributed by atoms with E-state index < -0.39 is 0 Å². The summed E-state index contributed by atoms with van der Waals surface area (Å²) in [5.74, 6) is 0.536. The molecular formula is C14H20O2. The van der Waals surface area contributed by atoms with Crippen molar-refractivity contribution in [2.75, 3.05) is 0 Å². The van der Waals surface area contributed by atoms with E-state index in [1.165, 1.54) is 5.56 Å². The molecule has 0 saturated heterocycles. The van der Waals surface area contributed by atoms with E-state index in [0.29, 0.717) is 0 Å².